The highest BCUT2D eigenvalue weighted by Crippen LogP contribution is 2.44. The summed E-state index contributed by atoms with van der Waals surface area (Å²) in [4.78, 5) is 0. The van der Waals surface area contributed by atoms with E-state index < -0.39 is 0 Å². The average molecular weight is 270 g/mol. The second kappa shape index (κ2) is 5.99. The van der Waals surface area contributed by atoms with Crippen LogP contribution in [0.4, 0.5) is 0 Å². The molecule has 0 N–H and O–H groups in total. The zero-order valence-electron chi connectivity index (χ0n) is 14.1. The third kappa shape index (κ3) is 4.10. The fourth-order valence-electron chi connectivity index (χ4n) is 2.81. The van der Waals surface area contributed by atoms with E-state index in [9.17, 15) is 0 Å². The van der Waals surface area contributed by atoms with Crippen molar-refractivity contribution in [3.8, 4) is 0 Å². The Labute approximate surface area is 125 Å². The molecule has 0 saturated heterocycles. The van der Waals surface area contributed by atoms with Gasteiger partial charge in [-0.3, -0.25) is 0 Å². The molecular formula is C20H30. The molecule has 1 atom stereocenters. The van der Waals surface area contributed by atoms with Gasteiger partial charge in [0.05, 0.1) is 0 Å². The van der Waals surface area contributed by atoms with Crippen molar-refractivity contribution in [3.05, 3.63) is 48.0 Å². The molecule has 110 valence electrons. The van der Waals surface area contributed by atoms with E-state index in [-0.39, 0.29) is 5.41 Å². The summed E-state index contributed by atoms with van der Waals surface area (Å²) in [5.41, 5.74) is 4.36. The molecule has 0 aliphatic heterocycles. The van der Waals surface area contributed by atoms with E-state index in [1.54, 1.807) is 0 Å². The van der Waals surface area contributed by atoms with E-state index >= 15 is 0 Å². The summed E-state index contributed by atoms with van der Waals surface area (Å²) in [5.74, 6) is 0.510. The van der Waals surface area contributed by atoms with Crippen molar-refractivity contribution in [2.45, 2.75) is 53.9 Å². The van der Waals surface area contributed by atoms with Crippen LogP contribution in [-0.2, 0) is 0 Å². The van der Waals surface area contributed by atoms with E-state index in [2.05, 4.69) is 72.9 Å². The minimum absolute atomic E-state index is 0.227. The first kappa shape index (κ1) is 16.8. The van der Waals surface area contributed by atoms with Gasteiger partial charge in [0, 0.05) is 0 Å². The van der Waals surface area contributed by atoms with Crippen LogP contribution in [0, 0.1) is 10.8 Å². The second-order valence-electron chi connectivity index (χ2n) is 7.94. The van der Waals surface area contributed by atoms with Gasteiger partial charge in [-0.15, -0.1) is 0 Å². The van der Waals surface area contributed by atoms with Crippen LogP contribution in [0.2, 0.25) is 0 Å². The lowest BCUT2D eigenvalue weighted by Gasteiger charge is -2.37. The van der Waals surface area contributed by atoms with Crippen molar-refractivity contribution in [3.63, 3.8) is 0 Å². The Balaban J connectivity index is 3.42. The highest BCUT2D eigenvalue weighted by atomic mass is 14.4. The molecule has 0 heterocycles. The van der Waals surface area contributed by atoms with Crippen molar-refractivity contribution in [1.29, 1.82) is 0 Å². The quantitative estimate of drug-likeness (QED) is 0.582. The van der Waals surface area contributed by atoms with E-state index in [1.807, 2.05) is 12.2 Å². The molecule has 1 rings (SSSR count). The van der Waals surface area contributed by atoms with Crippen molar-refractivity contribution in [2.75, 3.05) is 0 Å². The van der Waals surface area contributed by atoms with Crippen LogP contribution in [0.1, 0.15) is 70.6 Å². The molecule has 20 heavy (non-hydrogen) atoms. The van der Waals surface area contributed by atoms with E-state index in [0.29, 0.717) is 11.3 Å². The van der Waals surface area contributed by atoms with Crippen LogP contribution in [-0.4, -0.2) is 0 Å². The monoisotopic (exact) mass is 270 g/mol. The molecule has 0 bridgehead atoms. The molecule has 0 saturated carbocycles. The molecule has 0 heteroatoms. The lowest BCUT2D eigenvalue weighted by Crippen LogP contribution is -2.24. The normalized spacial score (nSPS) is 13.9. The molecule has 0 amide bonds. The van der Waals surface area contributed by atoms with Gasteiger partial charge in [0.1, 0.15) is 0 Å². The molecule has 0 aromatic heterocycles. The predicted molar refractivity (Wildman–Crippen MR) is 92.9 cm³/mol. The summed E-state index contributed by atoms with van der Waals surface area (Å²) in [6, 6.07) is 6.51. The number of rotatable bonds is 4. The maximum Gasteiger partial charge on any atom is -0.0102 e. The summed E-state index contributed by atoms with van der Waals surface area (Å²) in [6.45, 7) is 21.9. The second-order valence-corrected chi connectivity index (χ2v) is 7.94. The Morgan fingerprint density at radius 3 is 2.00 bits per heavy atom. The fraction of sp³-hybridized carbons (Fsp3) is 0.500. The summed E-state index contributed by atoms with van der Waals surface area (Å²) in [6.07, 6.45) is 5.07. The minimum atomic E-state index is 0.227. The molecule has 0 nitrogen and oxygen atoms in total. The van der Waals surface area contributed by atoms with Gasteiger partial charge in [-0.2, -0.15) is 0 Å². The Morgan fingerprint density at radius 2 is 1.60 bits per heavy atom. The molecule has 0 fully saturated rings. The van der Waals surface area contributed by atoms with E-state index in [1.165, 1.54) is 16.7 Å². The van der Waals surface area contributed by atoms with Gasteiger partial charge in [0.15, 0.2) is 0 Å². The summed E-state index contributed by atoms with van der Waals surface area (Å²) < 4.78 is 0. The van der Waals surface area contributed by atoms with Crippen LogP contribution < -0.4 is 0 Å². The summed E-state index contributed by atoms with van der Waals surface area (Å²) >= 11 is 0. The lowest BCUT2D eigenvalue weighted by molar-refractivity contribution is 0.229. The first-order chi connectivity index (χ1) is 9.10. The van der Waals surface area contributed by atoms with Crippen LogP contribution in [0.15, 0.2) is 31.4 Å². The Morgan fingerprint density at radius 1 is 1.00 bits per heavy atom. The van der Waals surface area contributed by atoms with E-state index in [0.717, 1.165) is 6.42 Å². The Hall–Kier alpha value is -1.30. The van der Waals surface area contributed by atoms with Crippen molar-refractivity contribution < 1.29 is 0 Å². The Bertz CT molecular complexity index is 478. The highest BCUT2D eigenvalue weighted by molar-refractivity contribution is 5.67. The molecule has 0 aliphatic carbocycles. The third-order valence-corrected chi connectivity index (χ3v) is 3.83. The maximum atomic E-state index is 4.01. The predicted octanol–water partition coefficient (Wildman–Crippen LogP) is 6.54. The molecule has 1 unspecified atom stereocenters. The van der Waals surface area contributed by atoms with Crippen LogP contribution in [0.5, 0.6) is 0 Å². The first-order valence-corrected chi connectivity index (χ1v) is 7.48. The summed E-state index contributed by atoms with van der Waals surface area (Å²) in [5, 5.41) is 0. The minimum Gasteiger partial charge on any atom is -0.0984 e. The van der Waals surface area contributed by atoms with Crippen molar-refractivity contribution in [2.24, 2.45) is 10.8 Å². The van der Waals surface area contributed by atoms with Gasteiger partial charge >= 0.3 is 0 Å². The molecule has 0 aliphatic rings. The number of benzene rings is 1. The number of hydrogen-bond donors (Lipinski definition) is 0. The first-order valence-electron chi connectivity index (χ1n) is 7.48. The third-order valence-electron chi connectivity index (χ3n) is 3.83. The van der Waals surface area contributed by atoms with Crippen LogP contribution in [0.3, 0.4) is 0 Å². The topological polar surface area (TPSA) is 0 Å². The largest absolute Gasteiger partial charge is 0.0984 e. The van der Waals surface area contributed by atoms with Crippen molar-refractivity contribution in [1.82, 2.24) is 0 Å². The van der Waals surface area contributed by atoms with Gasteiger partial charge in [0.2, 0.25) is 0 Å². The maximum absolute atomic E-state index is 4.01. The van der Waals surface area contributed by atoms with Gasteiger partial charge in [0.25, 0.3) is 0 Å². The van der Waals surface area contributed by atoms with Gasteiger partial charge in [-0.1, -0.05) is 85.1 Å². The van der Waals surface area contributed by atoms with Gasteiger partial charge in [-0.25, -0.2) is 0 Å². The SMILES string of the molecule is C=Cc1cccc(C(CC(C)(C)C)C(C)(C)C)c1C=C. The molecule has 0 spiro atoms. The average Bonchev–Trinajstić information content (AvgIpc) is 2.32. The molecular weight excluding hydrogens is 240 g/mol. The molecule has 0 radical (unpaired) electrons. The van der Waals surface area contributed by atoms with E-state index in [4.69, 9.17) is 0 Å². The van der Waals surface area contributed by atoms with Gasteiger partial charge in [-0.05, 0) is 39.9 Å². The molecule has 1 aromatic rings. The smallest absolute Gasteiger partial charge is 0.0102 e. The highest BCUT2D eigenvalue weighted by Gasteiger charge is 2.31. The molecule has 1 aromatic carbocycles. The standard InChI is InChI=1S/C20H30/c1-9-15-12-11-13-17(16(15)10-2)18(20(6,7)8)14-19(3,4)5/h9-13,18H,1-2,14H2,3-8H3. The van der Waals surface area contributed by atoms with Gasteiger partial charge < -0.3 is 0 Å². The van der Waals surface area contributed by atoms with Crippen LogP contribution in [0.25, 0.3) is 12.2 Å². The van der Waals surface area contributed by atoms with Crippen LogP contribution >= 0.6 is 0 Å². The summed E-state index contributed by atoms with van der Waals surface area (Å²) in [7, 11) is 0. The van der Waals surface area contributed by atoms with Crippen molar-refractivity contribution >= 4 is 12.2 Å². The number of hydrogen-bond acceptors (Lipinski definition) is 0. The Kier molecular flexibility index (Phi) is 5.02. The zero-order chi connectivity index (χ0) is 15.6. The zero-order valence-corrected chi connectivity index (χ0v) is 14.1. The fourth-order valence-corrected chi connectivity index (χ4v) is 2.81. The lowest BCUT2D eigenvalue weighted by atomic mass is 9.68.